The Hall–Kier alpha value is -1.32. The van der Waals surface area contributed by atoms with Gasteiger partial charge in [-0.3, -0.25) is 0 Å². The van der Waals surface area contributed by atoms with Crippen molar-refractivity contribution in [2.24, 2.45) is 5.92 Å². The average Bonchev–Trinajstić information content (AvgIpc) is 2.86. The summed E-state index contributed by atoms with van der Waals surface area (Å²) in [5.41, 5.74) is 0. The van der Waals surface area contributed by atoms with E-state index in [0.29, 0.717) is 18.7 Å². The molecule has 1 aliphatic rings. The Balaban J connectivity index is 1.97. The number of ether oxygens (including phenoxy) is 1. The molecule has 1 atom stereocenters. The summed E-state index contributed by atoms with van der Waals surface area (Å²) in [5, 5.41) is 0. The topological polar surface area (TPSA) is 90.0 Å². The molecule has 124 valence electrons. The molecule has 2 rings (SSSR count). The van der Waals surface area contributed by atoms with Crippen LogP contribution in [0.15, 0.2) is 24.3 Å². The minimum atomic E-state index is -3.77. The zero-order chi connectivity index (χ0) is 16.4. The van der Waals surface area contributed by atoms with E-state index in [4.69, 9.17) is 8.92 Å². The predicted octanol–water partition coefficient (Wildman–Crippen LogP) is 0.685. The van der Waals surface area contributed by atoms with E-state index >= 15 is 0 Å². The maximum atomic E-state index is 12.0. The van der Waals surface area contributed by atoms with Crippen LogP contribution in [0.3, 0.4) is 0 Å². The van der Waals surface area contributed by atoms with Crippen molar-refractivity contribution >= 4 is 20.1 Å². The lowest BCUT2D eigenvalue weighted by Crippen LogP contribution is -2.29. The molecule has 9 heteroatoms. The monoisotopic (exact) mass is 349 g/mol. The van der Waals surface area contributed by atoms with Gasteiger partial charge in [-0.2, -0.15) is 8.42 Å². The van der Waals surface area contributed by atoms with E-state index in [0.717, 1.165) is 6.26 Å². The maximum absolute atomic E-state index is 12.0. The number of benzene rings is 1. The minimum absolute atomic E-state index is 0.203. The Kier molecular flexibility index (Phi) is 4.98. The van der Waals surface area contributed by atoms with Crippen molar-refractivity contribution in [3.05, 3.63) is 24.3 Å². The summed E-state index contributed by atoms with van der Waals surface area (Å²) in [6, 6.07) is 6.22. The van der Waals surface area contributed by atoms with Gasteiger partial charge in [0.25, 0.3) is 0 Å². The van der Waals surface area contributed by atoms with Gasteiger partial charge in [0.2, 0.25) is 10.0 Å². The highest BCUT2D eigenvalue weighted by Crippen LogP contribution is 2.23. The van der Waals surface area contributed by atoms with Crippen molar-refractivity contribution in [2.45, 2.75) is 6.42 Å². The molecule has 0 aromatic heterocycles. The smallest absolute Gasteiger partial charge is 0.309 e. The molecule has 22 heavy (non-hydrogen) atoms. The van der Waals surface area contributed by atoms with Gasteiger partial charge in [-0.15, -0.1) is 0 Å². The van der Waals surface area contributed by atoms with Crippen molar-refractivity contribution in [3.8, 4) is 11.5 Å². The van der Waals surface area contributed by atoms with Gasteiger partial charge in [0.05, 0.1) is 19.1 Å². The van der Waals surface area contributed by atoms with Gasteiger partial charge < -0.3 is 8.92 Å². The predicted molar refractivity (Wildman–Crippen MR) is 81.9 cm³/mol. The molecule has 1 fully saturated rings. The molecule has 1 saturated heterocycles. The van der Waals surface area contributed by atoms with E-state index in [9.17, 15) is 16.8 Å². The Morgan fingerprint density at radius 1 is 1.14 bits per heavy atom. The van der Waals surface area contributed by atoms with Crippen molar-refractivity contribution in [3.63, 3.8) is 0 Å². The normalized spacial score (nSPS) is 20.0. The molecule has 0 spiro atoms. The van der Waals surface area contributed by atoms with Gasteiger partial charge in [0, 0.05) is 13.1 Å². The van der Waals surface area contributed by atoms with Gasteiger partial charge in [-0.25, -0.2) is 12.7 Å². The highest BCUT2D eigenvalue weighted by molar-refractivity contribution is 7.88. The van der Waals surface area contributed by atoms with Crippen molar-refractivity contribution in [1.29, 1.82) is 0 Å². The van der Waals surface area contributed by atoms with Crippen molar-refractivity contribution in [1.82, 2.24) is 4.31 Å². The first-order valence-corrected chi connectivity index (χ1v) is 10.1. The molecule has 0 N–H and O–H groups in total. The molecule has 1 aromatic rings. The van der Waals surface area contributed by atoms with Crippen LogP contribution >= 0.6 is 0 Å². The number of sulfonamides is 1. The summed E-state index contributed by atoms with van der Waals surface area (Å²) in [6.45, 7) is 0.561. The highest BCUT2D eigenvalue weighted by atomic mass is 32.2. The van der Waals surface area contributed by atoms with Gasteiger partial charge >= 0.3 is 10.1 Å². The van der Waals surface area contributed by atoms with E-state index in [2.05, 4.69) is 0 Å². The van der Waals surface area contributed by atoms with E-state index in [1.807, 2.05) is 0 Å². The van der Waals surface area contributed by atoms with E-state index in [-0.39, 0.29) is 24.0 Å². The van der Waals surface area contributed by atoms with Crippen LogP contribution in [0.5, 0.6) is 11.5 Å². The lowest BCUT2D eigenvalue weighted by Gasteiger charge is -2.14. The zero-order valence-electron chi connectivity index (χ0n) is 12.4. The second kappa shape index (κ2) is 6.43. The summed E-state index contributed by atoms with van der Waals surface area (Å²) >= 11 is 0. The quantitative estimate of drug-likeness (QED) is 0.702. The van der Waals surface area contributed by atoms with Gasteiger partial charge in [-0.1, -0.05) is 0 Å². The van der Waals surface area contributed by atoms with E-state index < -0.39 is 20.1 Å². The molecule has 0 saturated carbocycles. The molecule has 1 aromatic carbocycles. The molecule has 0 bridgehead atoms. The van der Waals surface area contributed by atoms with Crippen LogP contribution in [0.1, 0.15) is 6.42 Å². The third-order valence-electron chi connectivity index (χ3n) is 3.44. The Morgan fingerprint density at radius 2 is 1.73 bits per heavy atom. The third-order valence-corrected chi connectivity index (χ3v) is 6.04. The molecular weight excluding hydrogens is 330 g/mol. The maximum Gasteiger partial charge on any atom is 0.309 e. The average molecular weight is 349 g/mol. The van der Waals surface area contributed by atoms with E-state index in [1.54, 1.807) is 12.1 Å². The Bertz CT molecular complexity index is 711. The molecular formula is C13H19NO6S2. The molecule has 7 nitrogen and oxygen atoms in total. The highest BCUT2D eigenvalue weighted by Gasteiger charge is 2.32. The fraction of sp³-hybridized carbons (Fsp3) is 0.538. The van der Waals surface area contributed by atoms with Gasteiger partial charge in [0.1, 0.15) is 11.5 Å². The second-order valence-corrected chi connectivity index (χ2v) is 8.86. The van der Waals surface area contributed by atoms with Crippen LogP contribution in [0.4, 0.5) is 0 Å². The van der Waals surface area contributed by atoms with E-state index in [1.165, 1.54) is 23.5 Å². The molecule has 1 heterocycles. The molecule has 0 radical (unpaired) electrons. The largest absolute Gasteiger partial charge is 0.497 e. The Labute approximate surface area is 131 Å². The number of hydrogen-bond acceptors (Lipinski definition) is 6. The number of rotatable bonds is 6. The first-order chi connectivity index (χ1) is 10.2. The van der Waals surface area contributed by atoms with Crippen LogP contribution in [-0.4, -0.2) is 53.3 Å². The number of hydrogen-bond donors (Lipinski definition) is 0. The van der Waals surface area contributed by atoms with Crippen molar-refractivity contribution in [2.75, 3.05) is 32.2 Å². The van der Waals surface area contributed by atoms with Crippen LogP contribution < -0.4 is 8.92 Å². The standard InChI is InChI=1S/C13H19NO6S2/c1-19-12-3-5-13(6-4-12)20-22(17,18)10-11-7-8-14(9-11)21(2,15)16/h3-6,11H,7-10H2,1-2H3. The lowest BCUT2D eigenvalue weighted by molar-refractivity contribution is 0.413. The van der Waals surface area contributed by atoms with Gasteiger partial charge in [-0.05, 0) is 36.6 Å². The van der Waals surface area contributed by atoms with Crippen molar-refractivity contribution < 1.29 is 25.8 Å². The Morgan fingerprint density at radius 3 is 2.23 bits per heavy atom. The number of methoxy groups -OCH3 is 1. The molecule has 1 unspecified atom stereocenters. The van der Waals surface area contributed by atoms with Gasteiger partial charge in [0.15, 0.2) is 0 Å². The SMILES string of the molecule is COc1ccc(OS(=O)(=O)CC2CCN(S(C)(=O)=O)C2)cc1. The number of nitrogens with zero attached hydrogens (tertiary/aromatic N) is 1. The summed E-state index contributed by atoms with van der Waals surface area (Å²) < 4.78 is 58.3. The molecule has 1 aliphatic heterocycles. The second-order valence-electron chi connectivity index (χ2n) is 5.26. The molecule has 0 amide bonds. The fourth-order valence-electron chi connectivity index (χ4n) is 2.33. The van der Waals surface area contributed by atoms with Crippen LogP contribution in [0, 0.1) is 5.92 Å². The minimum Gasteiger partial charge on any atom is -0.497 e. The summed E-state index contributed by atoms with van der Waals surface area (Å²) in [4.78, 5) is 0. The van der Waals surface area contributed by atoms with Crippen LogP contribution in [0.25, 0.3) is 0 Å². The van der Waals surface area contributed by atoms with Crippen LogP contribution in [-0.2, 0) is 20.1 Å². The summed E-state index contributed by atoms with van der Waals surface area (Å²) in [5.74, 6) is 0.353. The third kappa shape index (κ3) is 4.59. The first-order valence-electron chi connectivity index (χ1n) is 6.71. The summed E-state index contributed by atoms with van der Waals surface area (Å²) in [7, 11) is -5.53. The summed E-state index contributed by atoms with van der Waals surface area (Å²) in [6.07, 6.45) is 1.63. The zero-order valence-corrected chi connectivity index (χ0v) is 14.1. The van der Waals surface area contributed by atoms with Crippen LogP contribution in [0.2, 0.25) is 0 Å². The fourth-order valence-corrected chi connectivity index (χ4v) is 4.58. The lowest BCUT2D eigenvalue weighted by atomic mass is 10.2. The first kappa shape index (κ1) is 17.0. The molecule has 0 aliphatic carbocycles.